The van der Waals surface area contributed by atoms with Gasteiger partial charge in [0.1, 0.15) is 0 Å². The first kappa shape index (κ1) is 5.59. The number of rotatable bonds is 0. The molecule has 2 rings (SSSR count). The molecule has 1 aliphatic rings. The smallest absolute Gasteiger partial charge is 0.165 e. The highest BCUT2D eigenvalue weighted by Crippen LogP contribution is 2.19. The highest BCUT2D eigenvalue weighted by molar-refractivity contribution is 5.99. The number of hydrogen-bond acceptors (Lipinski definition) is 2. The van der Waals surface area contributed by atoms with Gasteiger partial charge in [-0.25, -0.2) is 0 Å². The van der Waals surface area contributed by atoms with Crippen molar-refractivity contribution in [2.45, 2.75) is 12.8 Å². The van der Waals surface area contributed by atoms with Crippen LogP contribution in [0.25, 0.3) is 0 Å². The van der Waals surface area contributed by atoms with Crippen molar-refractivity contribution in [1.82, 2.24) is 4.98 Å². The van der Waals surface area contributed by atoms with Gasteiger partial charge in [0.2, 0.25) is 0 Å². The van der Waals surface area contributed by atoms with Gasteiger partial charge in [-0.3, -0.25) is 9.78 Å². The number of Topliss-reactive ketones (excluding diaryl/α,β-unsaturated/α-hetero) is 1. The summed E-state index contributed by atoms with van der Waals surface area (Å²) in [7, 11) is 0. The number of carbonyl (C=O) groups is 1. The molecular weight excluding hydrogens is 126 g/mol. The Morgan fingerprint density at radius 2 is 2.30 bits per heavy atom. The summed E-state index contributed by atoms with van der Waals surface area (Å²) in [4.78, 5) is 14.9. The van der Waals surface area contributed by atoms with Gasteiger partial charge in [-0.1, -0.05) is 0 Å². The number of carbonyl (C=O) groups excluding carboxylic acids is 1. The fourth-order valence-electron chi connectivity index (χ4n) is 1.28. The van der Waals surface area contributed by atoms with E-state index in [4.69, 9.17) is 0 Å². The van der Waals surface area contributed by atoms with Crippen molar-refractivity contribution < 1.29 is 4.79 Å². The van der Waals surface area contributed by atoms with Gasteiger partial charge in [-0.15, -0.1) is 0 Å². The first-order chi connectivity index (χ1) is 4.88. The van der Waals surface area contributed by atoms with Gasteiger partial charge >= 0.3 is 0 Å². The van der Waals surface area contributed by atoms with Gasteiger partial charge in [-0.2, -0.15) is 0 Å². The molecule has 0 saturated carbocycles. The van der Waals surface area contributed by atoms with Crippen molar-refractivity contribution in [2.24, 2.45) is 0 Å². The lowest BCUT2D eigenvalue weighted by Gasteiger charge is -1.91. The number of fused-ring (bicyclic) bond motifs is 1. The lowest BCUT2D eigenvalue weighted by Crippen LogP contribution is -1.90. The van der Waals surface area contributed by atoms with E-state index in [2.05, 4.69) is 4.98 Å². The minimum Gasteiger partial charge on any atom is -0.294 e. The maximum atomic E-state index is 11.0. The van der Waals surface area contributed by atoms with Crippen LogP contribution in [-0.4, -0.2) is 10.8 Å². The normalized spacial score (nSPS) is 15.4. The molecule has 0 saturated heterocycles. The van der Waals surface area contributed by atoms with E-state index in [1.165, 1.54) is 0 Å². The predicted molar refractivity (Wildman–Crippen MR) is 36.9 cm³/mol. The molecule has 1 aromatic rings. The number of aromatic nitrogens is 1. The summed E-state index contributed by atoms with van der Waals surface area (Å²) in [5.74, 6) is 0.239. The molecule has 1 heterocycles. The quantitative estimate of drug-likeness (QED) is 0.532. The monoisotopic (exact) mass is 133 g/mol. The average molecular weight is 133 g/mol. The Hall–Kier alpha value is -1.18. The Kier molecular flexibility index (Phi) is 1.07. The maximum absolute atomic E-state index is 11.0. The molecule has 0 amide bonds. The fourth-order valence-corrected chi connectivity index (χ4v) is 1.28. The minimum absolute atomic E-state index is 0.239. The third kappa shape index (κ3) is 0.652. The molecule has 0 N–H and O–H groups in total. The Balaban J connectivity index is 2.61. The summed E-state index contributed by atoms with van der Waals surface area (Å²) in [6.07, 6.45) is 4.96. The molecule has 0 bridgehead atoms. The number of pyridine rings is 1. The largest absolute Gasteiger partial charge is 0.294 e. The molecule has 0 aromatic carbocycles. The molecule has 10 heavy (non-hydrogen) atoms. The zero-order valence-electron chi connectivity index (χ0n) is 5.50. The number of hydrogen-bond donors (Lipinski definition) is 0. The van der Waals surface area contributed by atoms with Crippen molar-refractivity contribution in [3.63, 3.8) is 0 Å². The minimum atomic E-state index is 0.239. The summed E-state index contributed by atoms with van der Waals surface area (Å²) in [5, 5.41) is 0. The first-order valence-corrected chi connectivity index (χ1v) is 3.34. The lowest BCUT2D eigenvalue weighted by atomic mass is 10.2. The van der Waals surface area contributed by atoms with Crippen molar-refractivity contribution >= 4 is 5.78 Å². The molecule has 2 nitrogen and oxygen atoms in total. The molecule has 0 spiro atoms. The second-order valence-electron chi connectivity index (χ2n) is 2.46. The summed E-state index contributed by atoms with van der Waals surface area (Å²) in [6.45, 7) is 0. The van der Waals surface area contributed by atoms with Crippen LogP contribution in [0.3, 0.4) is 0 Å². The van der Waals surface area contributed by atoms with E-state index in [1.54, 1.807) is 12.4 Å². The highest BCUT2D eigenvalue weighted by Gasteiger charge is 2.17. The van der Waals surface area contributed by atoms with E-state index in [9.17, 15) is 4.79 Å². The van der Waals surface area contributed by atoms with E-state index >= 15 is 0 Å². The summed E-state index contributed by atoms with van der Waals surface area (Å²) in [6, 6.07) is 1.92. The Labute approximate surface area is 58.9 Å². The van der Waals surface area contributed by atoms with Gasteiger partial charge in [-0.05, 0) is 18.1 Å². The Morgan fingerprint density at radius 1 is 1.40 bits per heavy atom. The van der Waals surface area contributed by atoms with Gasteiger partial charge < -0.3 is 0 Å². The van der Waals surface area contributed by atoms with E-state index in [1.807, 2.05) is 6.07 Å². The second-order valence-corrected chi connectivity index (χ2v) is 2.46. The third-order valence-corrected chi connectivity index (χ3v) is 1.83. The van der Waals surface area contributed by atoms with Gasteiger partial charge in [0.25, 0.3) is 0 Å². The Morgan fingerprint density at radius 3 is 3.10 bits per heavy atom. The average Bonchev–Trinajstić information content (AvgIpc) is 2.34. The standard InChI is InChI=1S/C8H7NO/c10-8-2-1-6-3-4-9-5-7(6)8/h3-5H,1-2H2. The molecule has 2 heteroatoms. The van der Waals surface area contributed by atoms with Crippen LogP contribution in [0.15, 0.2) is 18.5 Å². The first-order valence-electron chi connectivity index (χ1n) is 3.34. The molecule has 1 aliphatic carbocycles. The van der Waals surface area contributed by atoms with E-state index < -0.39 is 0 Å². The van der Waals surface area contributed by atoms with Gasteiger partial charge in [0.15, 0.2) is 5.78 Å². The van der Waals surface area contributed by atoms with Crippen LogP contribution < -0.4 is 0 Å². The van der Waals surface area contributed by atoms with Crippen molar-refractivity contribution in [1.29, 1.82) is 0 Å². The van der Waals surface area contributed by atoms with Crippen LogP contribution in [0.4, 0.5) is 0 Å². The number of ketones is 1. The molecule has 0 radical (unpaired) electrons. The lowest BCUT2D eigenvalue weighted by molar-refractivity contribution is 0.0994. The summed E-state index contributed by atoms with van der Waals surface area (Å²) in [5.41, 5.74) is 1.97. The number of nitrogens with zero attached hydrogens (tertiary/aromatic N) is 1. The van der Waals surface area contributed by atoms with Gasteiger partial charge in [0.05, 0.1) is 0 Å². The van der Waals surface area contributed by atoms with Crippen LogP contribution >= 0.6 is 0 Å². The summed E-state index contributed by atoms with van der Waals surface area (Å²) >= 11 is 0. The van der Waals surface area contributed by atoms with E-state index in [0.717, 1.165) is 17.5 Å². The summed E-state index contributed by atoms with van der Waals surface area (Å²) < 4.78 is 0. The second kappa shape index (κ2) is 1.90. The Bertz CT molecular complexity index is 280. The SMILES string of the molecule is O=C1CCc2ccncc21. The topological polar surface area (TPSA) is 30.0 Å². The highest BCUT2D eigenvalue weighted by atomic mass is 16.1. The van der Waals surface area contributed by atoms with E-state index in [-0.39, 0.29) is 5.78 Å². The molecule has 0 fully saturated rings. The van der Waals surface area contributed by atoms with Gasteiger partial charge in [0, 0.05) is 24.4 Å². The molecule has 0 unspecified atom stereocenters. The van der Waals surface area contributed by atoms with Crippen molar-refractivity contribution in [3.8, 4) is 0 Å². The molecule has 0 atom stereocenters. The van der Waals surface area contributed by atoms with Crippen molar-refractivity contribution in [2.75, 3.05) is 0 Å². The molecule has 1 aromatic heterocycles. The fraction of sp³-hybridized carbons (Fsp3) is 0.250. The van der Waals surface area contributed by atoms with Crippen LogP contribution in [0.2, 0.25) is 0 Å². The zero-order chi connectivity index (χ0) is 6.97. The molecule has 0 aliphatic heterocycles. The number of aryl methyl sites for hydroxylation is 1. The van der Waals surface area contributed by atoms with Crippen LogP contribution in [0.5, 0.6) is 0 Å². The third-order valence-electron chi connectivity index (χ3n) is 1.83. The molecule has 50 valence electrons. The maximum Gasteiger partial charge on any atom is 0.165 e. The predicted octanol–water partition coefficient (Wildman–Crippen LogP) is 1.21. The molecular formula is C8H7NO. The van der Waals surface area contributed by atoms with Crippen LogP contribution in [-0.2, 0) is 6.42 Å². The van der Waals surface area contributed by atoms with Crippen LogP contribution in [0, 0.1) is 0 Å². The van der Waals surface area contributed by atoms with Crippen LogP contribution in [0.1, 0.15) is 22.3 Å². The zero-order valence-corrected chi connectivity index (χ0v) is 5.50. The van der Waals surface area contributed by atoms with E-state index in [0.29, 0.717) is 6.42 Å². The van der Waals surface area contributed by atoms with Crippen molar-refractivity contribution in [3.05, 3.63) is 29.6 Å².